The number of nitrogens with zero attached hydrogens (tertiary/aromatic N) is 2. The van der Waals surface area contributed by atoms with Crippen LogP contribution in [-0.4, -0.2) is 55.1 Å². The highest BCUT2D eigenvalue weighted by Crippen LogP contribution is 2.24. The zero-order valence-electron chi connectivity index (χ0n) is 10.1. The molecule has 0 aromatic heterocycles. The van der Waals surface area contributed by atoms with Gasteiger partial charge in [0.25, 0.3) is 0 Å². The van der Waals surface area contributed by atoms with E-state index in [4.69, 9.17) is 5.73 Å². The molecule has 3 heteroatoms. The van der Waals surface area contributed by atoms with E-state index in [2.05, 4.69) is 37.7 Å². The van der Waals surface area contributed by atoms with Crippen molar-refractivity contribution in [3.8, 4) is 0 Å². The Bertz CT molecular complexity index is 179. The van der Waals surface area contributed by atoms with Crippen LogP contribution in [0.25, 0.3) is 0 Å². The normalized spacial score (nSPS) is 30.2. The molecular weight excluding hydrogens is 174 g/mol. The molecule has 0 spiro atoms. The predicted molar refractivity (Wildman–Crippen MR) is 61.4 cm³/mol. The van der Waals surface area contributed by atoms with Gasteiger partial charge in [0.05, 0.1) is 0 Å². The first-order valence-electron chi connectivity index (χ1n) is 5.59. The van der Waals surface area contributed by atoms with Gasteiger partial charge in [-0.2, -0.15) is 0 Å². The Morgan fingerprint density at radius 3 is 2.57 bits per heavy atom. The van der Waals surface area contributed by atoms with Gasteiger partial charge in [-0.05, 0) is 53.9 Å². The summed E-state index contributed by atoms with van der Waals surface area (Å²) in [4.78, 5) is 4.93. The van der Waals surface area contributed by atoms with Crippen LogP contribution < -0.4 is 5.73 Å². The first kappa shape index (κ1) is 12.0. The number of hydrogen-bond donors (Lipinski definition) is 1. The Kier molecular flexibility index (Phi) is 3.93. The van der Waals surface area contributed by atoms with E-state index in [0.29, 0.717) is 11.6 Å². The largest absolute Gasteiger partial charge is 0.330 e. The predicted octanol–water partition coefficient (Wildman–Crippen LogP) is 0.750. The van der Waals surface area contributed by atoms with E-state index in [9.17, 15) is 0 Å². The van der Waals surface area contributed by atoms with Crippen molar-refractivity contribution < 1.29 is 0 Å². The van der Waals surface area contributed by atoms with Crippen LogP contribution in [0.5, 0.6) is 0 Å². The Morgan fingerprint density at radius 2 is 2.00 bits per heavy atom. The van der Waals surface area contributed by atoms with Gasteiger partial charge in [0.1, 0.15) is 0 Å². The molecular formula is C11H25N3. The lowest BCUT2D eigenvalue weighted by Gasteiger charge is -2.39. The van der Waals surface area contributed by atoms with Gasteiger partial charge in [-0.1, -0.05) is 0 Å². The fourth-order valence-corrected chi connectivity index (χ4v) is 2.19. The summed E-state index contributed by atoms with van der Waals surface area (Å²) in [6.45, 7) is 7.79. The van der Waals surface area contributed by atoms with Crippen LogP contribution in [0.15, 0.2) is 0 Å². The van der Waals surface area contributed by atoms with Crippen LogP contribution in [0, 0.1) is 0 Å². The highest BCUT2D eigenvalue weighted by Gasteiger charge is 2.32. The summed E-state index contributed by atoms with van der Waals surface area (Å²) in [5, 5.41) is 0. The molecule has 0 aromatic carbocycles. The third kappa shape index (κ3) is 2.69. The van der Waals surface area contributed by atoms with Crippen LogP contribution in [0.2, 0.25) is 0 Å². The standard InChI is InChI=1S/C11H25N3/c1-11(2)6-8-13(3)9-10(5-7-12)14(11)4/h10H,5-9,12H2,1-4H3. The van der Waals surface area contributed by atoms with Crippen LogP contribution >= 0.6 is 0 Å². The average Bonchev–Trinajstić information content (AvgIpc) is 2.20. The average molecular weight is 199 g/mol. The molecule has 1 fully saturated rings. The van der Waals surface area contributed by atoms with E-state index >= 15 is 0 Å². The molecule has 0 radical (unpaired) electrons. The van der Waals surface area contributed by atoms with Gasteiger partial charge in [0, 0.05) is 18.1 Å². The molecule has 14 heavy (non-hydrogen) atoms. The van der Waals surface area contributed by atoms with Crippen molar-refractivity contribution in [2.24, 2.45) is 5.73 Å². The Hall–Kier alpha value is -0.120. The number of hydrogen-bond acceptors (Lipinski definition) is 3. The molecule has 1 heterocycles. The molecule has 0 saturated carbocycles. The fraction of sp³-hybridized carbons (Fsp3) is 1.00. The third-order valence-electron chi connectivity index (χ3n) is 3.63. The maximum atomic E-state index is 5.66. The van der Waals surface area contributed by atoms with Crippen molar-refractivity contribution >= 4 is 0 Å². The summed E-state index contributed by atoms with van der Waals surface area (Å²) in [7, 11) is 4.44. The minimum absolute atomic E-state index is 0.310. The molecule has 1 unspecified atom stereocenters. The third-order valence-corrected chi connectivity index (χ3v) is 3.63. The first-order chi connectivity index (χ1) is 6.47. The lowest BCUT2D eigenvalue weighted by molar-refractivity contribution is 0.105. The molecule has 2 N–H and O–H groups in total. The minimum Gasteiger partial charge on any atom is -0.330 e. The van der Waals surface area contributed by atoms with Gasteiger partial charge in [0.2, 0.25) is 0 Å². The smallest absolute Gasteiger partial charge is 0.0237 e. The zero-order chi connectivity index (χ0) is 10.8. The maximum absolute atomic E-state index is 5.66. The fourth-order valence-electron chi connectivity index (χ4n) is 2.19. The van der Waals surface area contributed by atoms with Crippen LogP contribution in [0.1, 0.15) is 26.7 Å². The second kappa shape index (κ2) is 4.60. The van der Waals surface area contributed by atoms with Crippen LogP contribution in [0.3, 0.4) is 0 Å². The highest BCUT2D eigenvalue weighted by atomic mass is 15.3. The molecule has 0 aromatic rings. The highest BCUT2D eigenvalue weighted by molar-refractivity contribution is 4.89. The van der Waals surface area contributed by atoms with Crippen molar-refractivity contribution in [3.05, 3.63) is 0 Å². The summed E-state index contributed by atoms with van der Waals surface area (Å²) in [6.07, 6.45) is 2.34. The molecule has 1 saturated heterocycles. The van der Waals surface area contributed by atoms with Crippen molar-refractivity contribution in [3.63, 3.8) is 0 Å². The van der Waals surface area contributed by atoms with E-state index in [0.717, 1.165) is 19.5 Å². The molecule has 0 amide bonds. The van der Waals surface area contributed by atoms with Crippen molar-refractivity contribution in [2.75, 3.05) is 33.7 Å². The van der Waals surface area contributed by atoms with Crippen LogP contribution in [0.4, 0.5) is 0 Å². The first-order valence-corrected chi connectivity index (χ1v) is 5.59. The summed E-state index contributed by atoms with van der Waals surface area (Å²) < 4.78 is 0. The molecule has 0 bridgehead atoms. The van der Waals surface area contributed by atoms with E-state index in [1.807, 2.05) is 0 Å². The maximum Gasteiger partial charge on any atom is 0.0237 e. The van der Waals surface area contributed by atoms with E-state index in [1.165, 1.54) is 13.0 Å². The molecule has 1 rings (SSSR count). The number of likely N-dealkylation sites (N-methyl/N-ethyl adjacent to an activating group) is 2. The summed E-state index contributed by atoms with van der Waals surface area (Å²) >= 11 is 0. The summed E-state index contributed by atoms with van der Waals surface area (Å²) in [5.74, 6) is 0. The molecule has 1 aliphatic rings. The summed E-state index contributed by atoms with van der Waals surface area (Å²) in [5.41, 5.74) is 5.97. The van der Waals surface area contributed by atoms with E-state index in [1.54, 1.807) is 0 Å². The second-order valence-electron chi connectivity index (χ2n) is 5.17. The molecule has 3 nitrogen and oxygen atoms in total. The lowest BCUT2D eigenvalue weighted by atomic mass is 9.97. The molecule has 84 valence electrons. The SMILES string of the molecule is CN1CCC(C)(C)N(C)C(CCN)C1. The van der Waals surface area contributed by atoms with E-state index in [-0.39, 0.29) is 0 Å². The Labute approximate surface area is 88.2 Å². The van der Waals surface area contributed by atoms with Gasteiger partial charge >= 0.3 is 0 Å². The second-order valence-corrected chi connectivity index (χ2v) is 5.17. The topological polar surface area (TPSA) is 32.5 Å². The number of rotatable bonds is 2. The van der Waals surface area contributed by atoms with Crippen molar-refractivity contribution in [1.29, 1.82) is 0 Å². The quantitative estimate of drug-likeness (QED) is 0.712. The van der Waals surface area contributed by atoms with Gasteiger partial charge < -0.3 is 10.6 Å². The summed E-state index contributed by atoms with van der Waals surface area (Å²) in [6, 6.07) is 0.613. The monoisotopic (exact) mass is 199 g/mol. The molecule has 1 aliphatic heterocycles. The van der Waals surface area contributed by atoms with Crippen molar-refractivity contribution in [2.45, 2.75) is 38.3 Å². The number of nitrogens with two attached hydrogens (primary N) is 1. The lowest BCUT2D eigenvalue weighted by Crippen LogP contribution is -2.48. The Morgan fingerprint density at radius 1 is 1.36 bits per heavy atom. The Balaban J connectivity index is 2.70. The molecule has 0 aliphatic carbocycles. The van der Waals surface area contributed by atoms with Gasteiger partial charge in [-0.25, -0.2) is 0 Å². The van der Waals surface area contributed by atoms with E-state index < -0.39 is 0 Å². The van der Waals surface area contributed by atoms with Crippen LogP contribution in [-0.2, 0) is 0 Å². The van der Waals surface area contributed by atoms with Crippen molar-refractivity contribution in [1.82, 2.24) is 9.80 Å². The minimum atomic E-state index is 0.310. The molecule has 1 atom stereocenters. The zero-order valence-corrected chi connectivity index (χ0v) is 10.1. The van der Waals surface area contributed by atoms with Gasteiger partial charge in [-0.3, -0.25) is 4.90 Å². The van der Waals surface area contributed by atoms with Gasteiger partial charge in [0.15, 0.2) is 0 Å². The van der Waals surface area contributed by atoms with Gasteiger partial charge in [-0.15, -0.1) is 0 Å².